The number of fused-ring (bicyclic) bond motifs is 1. The van der Waals surface area contributed by atoms with E-state index in [1.165, 1.54) is 0 Å². The van der Waals surface area contributed by atoms with Crippen molar-refractivity contribution in [1.29, 1.82) is 0 Å². The zero-order valence-electron chi connectivity index (χ0n) is 21.6. The zero-order chi connectivity index (χ0) is 27.6. The van der Waals surface area contributed by atoms with Gasteiger partial charge >= 0.3 is 5.97 Å². The minimum atomic E-state index is -1.87. The number of allylic oxidation sites excluding steroid dienone is 2. The number of carbonyl (C=O) groups excluding carboxylic acids is 1. The van der Waals surface area contributed by atoms with Gasteiger partial charge in [0.25, 0.3) is 0 Å². The Hall–Kier alpha value is -1.71. The van der Waals surface area contributed by atoms with Crippen molar-refractivity contribution in [2.75, 3.05) is 26.4 Å². The third-order valence-corrected chi connectivity index (χ3v) is 7.61. The van der Waals surface area contributed by atoms with Crippen molar-refractivity contribution in [1.82, 2.24) is 0 Å². The molecule has 12 nitrogen and oxygen atoms in total. The molecule has 0 aromatic rings. The molecule has 6 N–H and O–H groups in total. The molecule has 0 bridgehead atoms. The first-order chi connectivity index (χ1) is 18.0. The number of ether oxygens (including phenoxy) is 5. The molecule has 3 aliphatic heterocycles. The van der Waals surface area contributed by atoms with Gasteiger partial charge in [0.1, 0.15) is 42.2 Å². The molecule has 0 aromatic heterocycles. The molecule has 2 saturated heterocycles. The average Bonchev–Trinajstić information content (AvgIpc) is 3.33. The normalized spacial score (nSPS) is 41.8. The van der Waals surface area contributed by atoms with Gasteiger partial charge in [0.05, 0.1) is 26.4 Å². The summed E-state index contributed by atoms with van der Waals surface area (Å²) in [7, 11) is 0. The van der Waals surface area contributed by atoms with Crippen LogP contribution < -0.4 is 0 Å². The number of carbonyl (C=O) groups is 1. The second kappa shape index (κ2) is 12.2. The molecule has 0 amide bonds. The summed E-state index contributed by atoms with van der Waals surface area (Å²) in [6.07, 6.45) is -3.52. The molecular formula is C26H38O12. The second-order valence-electron chi connectivity index (χ2n) is 10.4. The van der Waals surface area contributed by atoms with Crippen LogP contribution in [0.15, 0.2) is 34.4 Å². The number of aliphatic hydroxyl groups excluding tert-OH is 5. The Balaban J connectivity index is 1.38. The van der Waals surface area contributed by atoms with E-state index in [-0.39, 0.29) is 31.9 Å². The Labute approximate surface area is 220 Å². The summed E-state index contributed by atoms with van der Waals surface area (Å²) >= 11 is 0. The Morgan fingerprint density at radius 1 is 1.05 bits per heavy atom. The van der Waals surface area contributed by atoms with Gasteiger partial charge < -0.3 is 54.3 Å². The van der Waals surface area contributed by atoms with Crippen molar-refractivity contribution < 1.29 is 59.1 Å². The van der Waals surface area contributed by atoms with Gasteiger partial charge in [-0.2, -0.15) is 0 Å². The number of aliphatic hydroxyl groups is 6. The van der Waals surface area contributed by atoms with Crippen LogP contribution in [0.2, 0.25) is 0 Å². The molecule has 38 heavy (non-hydrogen) atoms. The molecular weight excluding hydrogens is 504 g/mol. The Morgan fingerprint density at radius 3 is 2.53 bits per heavy atom. The molecule has 0 spiro atoms. The summed E-state index contributed by atoms with van der Waals surface area (Å²) in [6.45, 7) is 2.39. The van der Waals surface area contributed by atoms with Crippen LogP contribution in [0.5, 0.6) is 0 Å². The Kier molecular flexibility index (Phi) is 9.41. The topological polar surface area (TPSA) is 185 Å². The zero-order valence-corrected chi connectivity index (χ0v) is 21.6. The maximum Gasteiger partial charge on any atom is 0.334 e. The maximum atomic E-state index is 12.1. The summed E-state index contributed by atoms with van der Waals surface area (Å²) in [5.74, 6) is -0.306. The molecule has 4 rings (SSSR count). The van der Waals surface area contributed by atoms with Crippen molar-refractivity contribution in [2.24, 2.45) is 0 Å². The minimum Gasteiger partial charge on any atom is -0.454 e. The Bertz CT molecular complexity index is 960. The van der Waals surface area contributed by atoms with Crippen LogP contribution in [-0.2, 0) is 28.5 Å². The molecule has 3 heterocycles. The lowest BCUT2D eigenvalue weighted by molar-refractivity contribution is -0.307. The van der Waals surface area contributed by atoms with E-state index in [0.717, 1.165) is 23.1 Å². The third-order valence-electron chi connectivity index (χ3n) is 7.61. The van der Waals surface area contributed by atoms with E-state index in [4.69, 9.17) is 23.7 Å². The summed E-state index contributed by atoms with van der Waals surface area (Å²) in [6, 6.07) is 0. The van der Waals surface area contributed by atoms with E-state index < -0.39 is 55.3 Å². The lowest BCUT2D eigenvalue weighted by Crippen LogP contribution is -2.59. The van der Waals surface area contributed by atoms with Crippen LogP contribution in [-0.4, -0.2) is 118 Å². The minimum absolute atomic E-state index is 0.0742. The standard InChI is InChI=1S/C26H38O12/c1-13-4-3-5-15(6-7-16-14(2)23(32)37-17(16)8-13)9-34-24-21(30)20(29)19(28)18(38-24)10-35-25-22(31)26(33,11-27)12-36-25/h4,6,17-22,24-25,27-31,33H,3,5,7-12H2,1-2H3/b13-4+,15-6?/t17-,18+,19+,20-,21+,22-,24+,25+,26+/m0/s1. The quantitative estimate of drug-likeness (QED) is 0.170. The Morgan fingerprint density at radius 2 is 1.82 bits per heavy atom. The lowest BCUT2D eigenvalue weighted by atomic mass is 9.94. The largest absolute Gasteiger partial charge is 0.454 e. The van der Waals surface area contributed by atoms with Crippen LogP contribution in [0.1, 0.15) is 39.5 Å². The molecule has 12 heteroatoms. The molecule has 0 radical (unpaired) electrons. The smallest absolute Gasteiger partial charge is 0.334 e. The van der Waals surface area contributed by atoms with Crippen LogP contribution in [0.25, 0.3) is 0 Å². The monoisotopic (exact) mass is 542 g/mol. The van der Waals surface area contributed by atoms with Crippen molar-refractivity contribution in [3.63, 3.8) is 0 Å². The predicted octanol–water partition coefficient (Wildman–Crippen LogP) is -1.04. The van der Waals surface area contributed by atoms with E-state index >= 15 is 0 Å². The highest BCUT2D eigenvalue weighted by atomic mass is 16.7. The molecule has 9 atom stereocenters. The third kappa shape index (κ3) is 6.20. The number of hydrogen-bond acceptors (Lipinski definition) is 12. The number of esters is 1. The van der Waals surface area contributed by atoms with E-state index in [1.54, 1.807) is 6.92 Å². The fourth-order valence-corrected chi connectivity index (χ4v) is 4.98. The highest BCUT2D eigenvalue weighted by Gasteiger charge is 2.50. The fraction of sp³-hybridized carbons (Fsp3) is 0.731. The van der Waals surface area contributed by atoms with Gasteiger partial charge in [0.2, 0.25) is 0 Å². The molecule has 1 aliphatic carbocycles. The molecule has 214 valence electrons. The fourth-order valence-electron chi connectivity index (χ4n) is 4.98. The molecule has 0 aromatic carbocycles. The van der Waals surface area contributed by atoms with Crippen LogP contribution >= 0.6 is 0 Å². The van der Waals surface area contributed by atoms with Gasteiger partial charge in [-0.25, -0.2) is 4.79 Å². The SMILES string of the molecule is CC1=C2CC=C(CO[C@@H]3O[C@H](CO[C@@H]4OC[C@](O)(CO)[C@H]4O)[C@@H](O)[C@H](O)[C@H]3O)CC/C=C(\C)C[C@@H]2OC1=O. The van der Waals surface area contributed by atoms with Gasteiger partial charge in [-0.15, -0.1) is 0 Å². The van der Waals surface area contributed by atoms with E-state index in [9.17, 15) is 35.4 Å². The molecule has 2 fully saturated rings. The summed E-state index contributed by atoms with van der Waals surface area (Å²) in [5.41, 5.74) is 1.69. The summed E-state index contributed by atoms with van der Waals surface area (Å²) < 4.78 is 27.7. The first-order valence-electron chi connectivity index (χ1n) is 12.8. The first kappa shape index (κ1) is 29.3. The highest BCUT2D eigenvalue weighted by molar-refractivity contribution is 5.91. The van der Waals surface area contributed by atoms with E-state index in [0.29, 0.717) is 24.8 Å². The van der Waals surface area contributed by atoms with Crippen molar-refractivity contribution in [3.8, 4) is 0 Å². The van der Waals surface area contributed by atoms with Gasteiger partial charge in [-0.1, -0.05) is 17.7 Å². The predicted molar refractivity (Wildman–Crippen MR) is 129 cm³/mol. The van der Waals surface area contributed by atoms with Crippen molar-refractivity contribution in [3.05, 3.63) is 34.4 Å². The summed E-state index contributed by atoms with van der Waals surface area (Å²) in [4.78, 5) is 12.1. The first-order valence-corrected chi connectivity index (χ1v) is 12.8. The summed E-state index contributed by atoms with van der Waals surface area (Å²) in [5, 5.41) is 60.7. The second-order valence-corrected chi connectivity index (χ2v) is 10.4. The van der Waals surface area contributed by atoms with Gasteiger partial charge in [-0.3, -0.25) is 0 Å². The van der Waals surface area contributed by atoms with Crippen molar-refractivity contribution >= 4 is 5.97 Å². The molecule has 0 saturated carbocycles. The van der Waals surface area contributed by atoms with Gasteiger partial charge in [0, 0.05) is 12.0 Å². The maximum absolute atomic E-state index is 12.1. The van der Waals surface area contributed by atoms with E-state index in [2.05, 4.69) is 6.08 Å². The highest BCUT2D eigenvalue weighted by Crippen LogP contribution is 2.32. The van der Waals surface area contributed by atoms with E-state index in [1.807, 2.05) is 13.0 Å². The van der Waals surface area contributed by atoms with Crippen LogP contribution in [0, 0.1) is 0 Å². The molecule has 0 unspecified atom stereocenters. The van der Waals surface area contributed by atoms with Crippen LogP contribution in [0.3, 0.4) is 0 Å². The average molecular weight is 543 g/mol. The van der Waals surface area contributed by atoms with Crippen molar-refractivity contribution in [2.45, 2.75) is 94.3 Å². The number of hydrogen-bond donors (Lipinski definition) is 6. The lowest BCUT2D eigenvalue weighted by Gasteiger charge is -2.40. The van der Waals surface area contributed by atoms with Gasteiger partial charge in [0.15, 0.2) is 12.6 Å². The van der Waals surface area contributed by atoms with Crippen LogP contribution in [0.4, 0.5) is 0 Å². The van der Waals surface area contributed by atoms with Gasteiger partial charge in [-0.05, 0) is 44.3 Å². The number of rotatable bonds is 7. The molecule has 4 aliphatic rings.